The third kappa shape index (κ3) is 5.21. The lowest BCUT2D eigenvalue weighted by Crippen LogP contribution is -2.44. The zero-order valence-electron chi connectivity index (χ0n) is 14.9. The Morgan fingerprint density at radius 1 is 0.960 bits per heavy atom. The van der Waals surface area contributed by atoms with Gasteiger partial charge in [-0.2, -0.15) is 0 Å². The number of carbonyl (C=O) groups is 2. The SMILES string of the molecule is O=C(NCCCc1ccc(N2CCCC2)cc1)C(=O)NC1CCCC1. The van der Waals surface area contributed by atoms with Crippen LogP contribution in [0, 0.1) is 0 Å². The van der Waals surface area contributed by atoms with Gasteiger partial charge < -0.3 is 15.5 Å². The predicted molar refractivity (Wildman–Crippen MR) is 99.6 cm³/mol. The molecule has 1 aromatic carbocycles. The quantitative estimate of drug-likeness (QED) is 0.616. The summed E-state index contributed by atoms with van der Waals surface area (Å²) >= 11 is 0. The van der Waals surface area contributed by atoms with Crippen molar-refractivity contribution in [2.24, 2.45) is 0 Å². The normalized spacial score (nSPS) is 17.7. The highest BCUT2D eigenvalue weighted by Crippen LogP contribution is 2.20. The minimum atomic E-state index is -0.503. The van der Waals surface area contributed by atoms with Crippen molar-refractivity contribution in [3.8, 4) is 0 Å². The summed E-state index contributed by atoms with van der Waals surface area (Å²) in [5.74, 6) is -0.988. The van der Waals surface area contributed by atoms with Gasteiger partial charge in [0.25, 0.3) is 0 Å². The number of aryl methyl sites for hydroxylation is 1. The second-order valence-corrected chi connectivity index (χ2v) is 7.17. The summed E-state index contributed by atoms with van der Waals surface area (Å²) < 4.78 is 0. The highest BCUT2D eigenvalue weighted by molar-refractivity contribution is 6.35. The predicted octanol–water partition coefficient (Wildman–Crippen LogP) is 2.39. The Morgan fingerprint density at radius 3 is 2.32 bits per heavy atom. The summed E-state index contributed by atoms with van der Waals surface area (Å²) in [5, 5.41) is 5.54. The standard InChI is InChI=1S/C20H29N3O2/c24-19(20(25)22-17-7-1-2-8-17)21-13-5-6-16-9-11-18(12-10-16)23-14-3-4-15-23/h9-12,17H,1-8,13-15H2,(H,21,24)(H,22,25). The molecule has 2 fully saturated rings. The van der Waals surface area contributed by atoms with Crippen molar-refractivity contribution in [1.82, 2.24) is 10.6 Å². The Hall–Kier alpha value is -2.04. The summed E-state index contributed by atoms with van der Waals surface area (Å²) in [6.45, 7) is 2.85. The third-order valence-electron chi connectivity index (χ3n) is 5.23. The van der Waals surface area contributed by atoms with Crippen molar-refractivity contribution in [1.29, 1.82) is 0 Å². The maximum atomic E-state index is 11.8. The van der Waals surface area contributed by atoms with Crippen LogP contribution in [0.3, 0.4) is 0 Å². The molecule has 0 radical (unpaired) electrons. The van der Waals surface area contributed by atoms with E-state index in [1.165, 1.54) is 24.1 Å². The molecule has 1 aromatic rings. The summed E-state index contributed by atoms with van der Waals surface area (Å²) in [6, 6.07) is 8.90. The van der Waals surface area contributed by atoms with E-state index in [0.717, 1.165) is 51.6 Å². The minimum Gasteiger partial charge on any atom is -0.372 e. The fraction of sp³-hybridized carbons (Fsp3) is 0.600. The Bertz CT molecular complexity index is 573. The molecule has 5 nitrogen and oxygen atoms in total. The summed E-state index contributed by atoms with van der Waals surface area (Å²) in [5.41, 5.74) is 2.57. The zero-order chi connectivity index (χ0) is 17.5. The van der Waals surface area contributed by atoms with Crippen LogP contribution in [0.4, 0.5) is 5.69 Å². The van der Waals surface area contributed by atoms with E-state index < -0.39 is 11.8 Å². The van der Waals surface area contributed by atoms with E-state index in [4.69, 9.17) is 0 Å². The van der Waals surface area contributed by atoms with Crippen LogP contribution in [0.5, 0.6) is 0 Å². The van der Waals surface area contributed by atoms with Crippen molar-refractivity contribution in [2.45, 2.75) is 57.4 Å². The van der Waals surface area contributed by atoms with E-state index in [-0.39, 0.29) is 6.04 Å². The summed E-state index contributed by atoms with van der Waals surface area (Å²) in [4.78, 5) is 26.0. The summed E-state index contributed by atoms with van der Waals surface area (Å²) in [7, 11) is 0. The summed E-state index contributed by atoms with van der Waals surface area (Å²) in [6.07, 6.45) is 8.59. The van der Waals surface area contributed by atoms with Crippen molar-refractivity contribution < 1.29 is 9.59 Å². The number of nitrogens with zero attached hydrogens (tertiary/aromatic N) is 1. The first-order valence-corrected chi connectivity index (χ1v) is 9.65. The van der Waals surface area contributed by atoms with Gasteiger partial charge in [0, 0.05) is 31.4 Å². The fourth-order valence-corrected chi connectivity index (χ4v) is 3.74. The monoisotopic (exact) mass is 343 g/mol. The van der Waals surface area contributed by atoms with Gasteiger partial charge in [-0.05, 0) is 56.2 Å². The number of benzene rings is 1. The van der Waals surface area contributed by atoms with Gasteiger partial charge in [-0.15, -0.1) is 0 Å². The fourth-order valence-electron chi connectivity index (χ4n) is 3.74. The van der Waals surface area contributed by atoms with Gasteiger partial charge in [-0.1, -0.05) is 25.0 Å². The molecule has 1 saturated heterocycles. The van der Waals surface area contributed by atoms with Crippen molar-refractivity contribution in [2.75, 3.05) is 24.5 Å². The molecule has 2 amide bonds. The van der Waals surface area contributed by atoms with Crippen molar-refractivity contribution in [3.05, 3.63) is 29.8 Å². The second-order valence-electron chi connectivity index (χ2n) is 7.17. The molecule has 0 bridgehead atoms. The van der Waals surface area contributed by atoms with Crippen LogP contribution in [-0.4, -0.2) is 37.5 Å². The van der Waals surface area contributed by atoms with E-state index in [0.29, 0.717) is 6.54 Å². The molecule has 25 heavy (non-hydrogen) atoms. The van der Waals surface area contributed by atoms with Crippen LogP contribution in [0.15, 0.2) is 24.3 Å². The topological polar surface area (TPSA) is 61.4 Å². The molecule has 1 saturated carbocycles. The molecule has 0 spiro atoms. The van der Waals surface area contributed by atoms with Crippen LogP contribution in [-0.2, 0) is 16.0 Å². The minimum absolute atomic E-state index is 0.187. The molecule has 2 N–H and O–H groups in total. The molecule has 1 aliphatic heterocycles. The molecule has 5 heteroatoms. The van der Waals surface area contributed by atoms with E-state index in [1.54, 1.807) is 0 Å². The van der Waals surface area contributed by atoms with Crippen molar-refractivity contribution >= 4 is 17.5 Å². The molecule has 0 atom stereocenters. The number of amides is 2. The van der Waals surface area contributed by atoms with Gasteiger partial charge in [0.05, 0.1) is 0 Å². The van der Waals surface area contributed by atoms with E-state index in [1.807, 2.05) is 0 Å². The Labute approximate surface area is 150 Å². The van der Waals surface area contributed by atoms with Crippen LogP contribution < -0.4 is 15.5 Å². The van der Waals surface area contributed by atoms with Gasteiger partial charge >= 0.3 is 11.8 Å². The average molecular weight is 343 g/mol. The highest BCUT2D eigenvalue weighted by atomic mass is 16.2. The lowest BCUT2D eigenvalue weighted by atomic mass is 10.1. The number of rotatable bonds is 6. The van der Waals surface area contributed by atoms with Crippen LogP contribution in [0.1, 0.15) is 50.5 Å². The van der Waals surface area contributed by atoms with Crippen LogP contribution in [0.2, 0.25) is 0 Å². The van der Waals surface area contributed by atoms with Crippen LogP contribution in [0.25, 0.3) is 0 Å². The van der Waals surface area contributed by atoms with Gasteiger partial charge in [0.2, 0.25) is 0 Å². The average Bonchev–Trinajstić information content (AvgIpc) is 3.33. The molecule has 1 heterocycles. The third-order valence-corrected chi connectivity index (χ3v) is 5.23. The van der Waals surface area contributed by atoms with Gasteiger partial charge in [-0.3, -0.25) is 9.59 Å². The molecule has 3 rings (SSSR count). The zero-order valence-corrected chi connectivity index (χ0v) is 14.9. The van der Waals surface area contributed by atoms with Crippen LogP contribution >= 0.6 is 0 Å². The maximum Gasteiger partial charge on any atom is 0.309 e. The smallest absolute Gasteiger partial charge is 0.309 e. The lowest BCUT2D eigenvalue weighted by Gasteiger charge is -2.17. The molecular weight excluding hydrogens is 314 g/mol. The first-order valence-electron chi connectivity index (χ1n) is 9.65. The molecular formula is C20H29N3O2. The number of anilines is 1. The first-order chi connectivity index (χ1) is 12.2. The van der Waals surface area contributed by atoms with E-state index in [2.05, 4.69) is 39.8 Å². The maximum absolute atomic E-state index is 11.8. The van der Waals surface area contributed by atoms with E-state index in [9.17, 15) is 9.59 Å². The largest absolute Gasteiger partial charge is 0.372 e. The second kappa shape index (κ2) is 8.88. The van der Waals surface area contributed by atoms with Gasteiger partial charge in [0.1, 0.15) is 0 Å². The lowest BCUT2D eigenvalue weighted by molar-refractivity contribution is -0.139. The Kier molecular flexibility index (Phi) is 6.31. The Morgan fingerprint density at radius 2 is 1.64 bits per heavy atom. The molecule has 1 aliphatic carbocycles. The molecule has 0 aromatic heterocycles. The molecule has 136 valence electrons. The molecule has 0 unspecified atom stereocenters. The van der Waals surface area contributed by atoms with Gasteiger partial charge in [0.15, 0.2) is 0 Å². The highest BCUT2D eigenvalue weighted by Gasteiger charge is 2.20. The van der Waals surface area contributed by atoms with Crippen molar-refractivity contribution in [3.63, 3.8) is 0 Å². The number of hydrogen-bond acceptors (Lipinski definition) is 3. The van der Waals surface area contributed by atoms with Gasteiger partial charge in [-0.25, -0.2) is 0 Å². The first kappa shape index (κ1) is 17.8. The number of nitrogens with one attached hydrogen (secondary N) is 2. The Balaban J connectivity index is 1.33. The number of hydrogen-bond donors (Lipinski definition) is 2. The number of carbonyl (C=O) groups excluding carboxylic acids is 2. The van der Waals surface area contributed by atoms with E-state index >= 15 is 0 Å². The molecule has 2 aliphatic rings.